The molecule has 0 aliphatic carbocycles. The van der Waals surface area contributed by atoms with Crippen molar-refractivity contribution in [3.63, 3.8) is 0 Å². The van der Waals surface area contributed by atoms with E-state index >= 15 is 0 Å². The van der Waals surface area contributed by atoms with Crippen molar-refractivity contribution >= 4 is 30.4 Å². The zero-order chi connectivity index (χ0) is 16.2. The summed E-state index contributed by atoms with van der Waals surface area (Å²) in [4.78, 5) is 24.3. The maximum absolute atomic E-state index is 12.5. The number of ether oxygens (including phenoxy) is 1. The number of amides is 1. The van der Waals surface area contributed by atoms with Gasteiger partial charge in [-0.15, -0.1) is 0 Å². The molecule has 1 unspecified atom stereocenters. The highest BCUT2D eigenvalue weighted by molar-refractivity contribution is 7.52. The number of hydrogen-bond acceptors (Lipinski definition) is 4. The van der Waals surface area contributed by atoms with Crippen LogP contribution in [0, 0.1) is 6.92 Å². The monoisotopic (exact) mass is 310 g/mol. The molecule has 0 saturated carbocycles. The molecular weight excluding hydrogens is 288 g/mol. The molecule has 116 valence electrons. The molecule has 1 atom stereocenters. The van der Waals surface area contributed by atoms with Gasteiger partial charge in [-0.05, 0) is 18.6 Å². The first-order chi connectivity index (χ1) is 9.72. The molecule has 0 fully saturated rings. The second-order valence-corrected chi connectivity index (χ2v) is 6.28. The Balaban J connectivity index is 3.13. The summed E-state index contributed by atoms with van der Waals surface area (Å²) in [6.07, 6.45) is 0.613. The first-order valence-electron chi connectivity index (χ1n) is 6.75. The van der Waals surface area contributed by atoms with Crippen LogP contribution >= 0.6 is 0 Å². The van der Waals surface area contributed by atoms with Gasteiger partial charge in [-0.1, -0.05) is 19.1 Å². The van der Waals surface area contributed by atoms with E-state index in [1.54, 1.807) is 26.2 Å². The van der Waals surface area contributed by atoms with Crippen LogP contribution in [-0.4, -0.2) is 43.0 Å². The lowest BCUT2D eigenvalue weighted by atomic mass is 10.1. The number of benzene rings is 1. The number of methoxy groups -OCH3 is 1. The number of esters is 1. The second-order valence-electron chi connectivity index (χ2n) is 5.34. The first-order valence-corrected chi connectivity index (χ1v) is 7.12. The molecule has 0 bridgehead atoms. The summed E-state index contributed by atoms with van der Waals surface area (Å²) < 4.78 is 4.87. The van der Waals surface area contributed by atoms with Crippen LogP contribution < -0.4 is 5.32 Å². The Bertz CT molecular complexity index is 538. The number of nitrogens with one attached hydrogen (secondary N) is 1. The number of carbonyl (C=O) groups is 2. The molecular formula is C15H22N2O3S. The predicted octanol–water partition coefficient (Wildman–Crippen LogP) is 2.04. The topological polar surface area (TPSA) is 55.4 Å². The lowest BCUT2D eigenvalue weighted by molar-refractivity contribution is -0.768. The van der Waals surface area contributed by atoms with Crippen LogP contribution in [0.1, 0.15) is 29.3 Å². The van der Waals surface area contributed by atoms with E-state index in [0.717, 1.165) is 5.56 Å². The standard InChI is InChI=1S/C15H22N2O3S/c1-6-12(17(3,4)21)14(18)16-13-10(2)8-7-9-11(13)15(19)20-5/h7-9,12H,6H2,1-5H3,(H,16,18). The summed E-state index contributed by atoms with van der Waals surface area (Å²) in [6.45, 7) is 3.74. The van der Waals surface area contributed by atoms with Crippen LogP contribution in [0.2, 0.25) is 0 Å². The minimum Gasteiger partial charge on any atom is -0.494 e. The zero-order valence-electron chi connectivity index (χ0n) is 13.1. The number of aryl methyl sites for hydroxylation is 1. The van der Waals surface area contributed by atoms with Crippen molar-refractivity contribution in [2.24, 2.45) is 0 Å². The van der Waals surface area contributed by atoms with Gasteiger partial charge in [0.15, 0.2) is 6.04 Å². The number of rotatable bonds is 5. The van der Waals surface area contributed by atoms with Crippen molar-refractivity contribution in [1.82, 2.24) is 0 Å². The first kappa shape index (κ1) is 17.5. The number of nitrogens with zero attached hydrogens (tertiary/aromatic N) is 1. The van der Waals surface area contributed by atoms with Gasteiger partial charge in [-0.3, -0.25) is 4.79 Å². The van der Waals surface area contributed by atoms with Crippen LogP contribution in [0.15, 0.2) is 18.2 Å². The molecule has 21 heavy (non-hydrogen) atoms. The summed E-state index contributed by atoms with van der Waals surface area (Å²) in [5.74, 6) is -0.675. The Morgan fingerprint density at radius 3 is 2.48 bits per heavy atom. The summed E-state index contributed by atoms with van der Waals surface area (Å²) in [6, 6.07) is 4.84. The van der Waals surface area contributed by atoms with Gasteiger partial charge in [0.1, 0.15) is 0 Å². The van der Waals surface area contributed by atoms with Gasteiger partial charge < -0.3 is 26.8 Å². The molecule has 0 aliphatic heterocycles. The van der Waals surface area contributed by atoms with Crippen LogP contribution in [0.4, 0.5) is 5.69 Å². The third kappa shape index (κ3) is 4.22. The number of hydrogen-bond donors (Lipinski definition) is 1. The number of likely N-dealkylation sites (N-methyl/N-ethyl adjacent to an activating group) is 1. The molecule has 1 aromatic carbocycles. The van der Waals surface area contributed by atoms with E-state index in [9.17, 15) is 9.59 Å². The third-order valence-corrected chi connectivity index (χ3v) is 3.62. The van der Waals surface area contributed by atoms with Crippen molar-refractivity contribution in [1.29, 1.82) is 0 Å². The fourth-order valence-electron chi connectivity index (χ4n) is 2.23. The van der Waals surface area contributed by atoms with E-state index in [1.807, 2.05) is 19.9 Å². The number of anilines is 1. The van der Waals surface area contributed by atoms with Crippen molar-refractivity contribution in [3.8, 4) is 0 Å². The quantitative estimate of drug-likeness (QED) is 0.514. The van der Waals surface area contributed by atoms with Crippen LogP contribution in [0.25, 0.3) is 0 Å². The average molecular weight is 310 g/mol. The Morgan fingerprint density at radius 1 is 1.38 bits per heavy atom. The van der Waals surface area contributed by atoms with Crippen LogP contribution in [-0.2, 0) is 22.3 Å². The highest BCUT2D eigenvalue weighted by Gasteiger charge is 2.27. The molecule has 0 heterocycles. The lowest BCUT2D eigenvalue weighted by Gasteiger charge is -2.42. The molecule has 1 aromatic rings. The molecule has 1 amide bonds. The Kier molecular flexibility index (Phi) is 5.80. The highest BCUT2D eigenvalue weighted by atomic mass is 32.1. The van der Waals surface area contributed by atoms with Crippen molar-refractivity contribution < 1.29 is 18.2 Å². The molecule has 0 saturated heterocycles. The van der Waals surface area contributed by atoms with E-state index in [1.165, 1.54) is 7.11 Å². The maximum atomic E-state index is 12.5. The SMILES string of the molecule is CCC(C(=O)Nc1c(C)cccc1C(=O)OC)[N+](C)(C)[S-]. The smallest absolute Gasteiger partial charge is 0.339 e. The molecule has 0 aliphatic rings. The predicted molar refractivity (Wildman–Crippen MR) is 84.7 cm³/mol. The molecule has 0 spiro atoms. The minimum absolute atomic E-state index is 0.113. The van der Waals surface area contributed by atoms with Crippen LogP contribution in [0.3, 0.4) is 0 Å². The third-order valence-electron chi connectivity index (χ3n) is 3.37. The fourth-order valence-corrected chi connectivity index (χ4v) is 2.47. The van der Waals surface area contributed by atoms with Gasteiger partial charge >= 0.3 is 5.97 Å². The Labute approximate surface area is 131 Å². The average Bonchev–Trinajstić information content (AvgIpc) is 2.39. The van der Waals surface area contributed by atoms with Crippen molar-refractivity contribution in [2.75, 3.05) is 26.5 Å². The second kappa shape index (κ2) is 6.95. The number of quaternary nitrogens is 1. The Morgan fingerprint density at radius 2 is 2.00 bits per heavy atom. The lowest BCUT2D eigenvalue weighted by Crippen LogP contribution is -2.50. The van der Waals surface area contributed by atoms with Gasteiger partial charge in [0.25, 0.3) is 5.91 Å². The van der Waals surface area contributed by atoms with E-state index < -0.39 is 5.97 Å². The largest absolute Gasteiger partial charge is 0.494 e. The summed E-state index contributed by atoms with van der Waals surface area (Å²) in [5, 5.41) is 2.83. The van der Waals surface area contributed by atoms with Gasteiger partial charge in [-0.25, -0.2) is 4.79 Å². The summed E-state index contributed by atoms with van der Waals surface area (Å²) in [7, 11) is 4.90. The molecule has 0 radical (unpaired) electrons. The van der Waals surface area contributed by atoms with E-state index in [-0.39, 0.29) is 15.8 Å². The summed E-state index contributed by atoms with van der Waals surface area (Å²) >= 11 is 5.32. The molecule has 1 rings (SSSR count). The molecule has 5 nitrogen and oxygen atoms in total. The van der Waals surface area contributed by atoms with E-state index in [2.05, 4.69) is 5.32 Å². The normalized spacial score (nSPS) is 12.7. The molecule has 6 heteroatoms. The maximum Gasteiger partial charge on any atom is 0.339 e. The van der Waals surface area contributed by atoms with Gasteiger partial charge in [0.05, 0.1) is 32.5 Å². The number of para-hydroxylation sites is 1. The van der Waals surface area contributed by atoms with E-state index in [0.29, 0.717) is 17.7 Å². The molecule has 1 N–H and O–H groups in total. The van der Waals surface area contributed by atoms with Crippen molar-refractivity contribution in [2.45, 2.75) is 26.3 Å². The zero-order valence-corrected chi connectivity index (χ0v) is 13.9. The minimum atomic E-state index is -0.478. The van der Waals surface area contributed by atoms with Gasteiger partial charge in [-0.2, -0.15) is 0 Å². The van der Waals surface area contributed by atoms with Gasteiger partial charge in [0, 0.05) is 6.42 Å². The Hall–Kier alpha value is -1.53. The summed E-state index contributed by atoms with van der Waals surface area (Å²) in [5.41, 5.74) is 1.63. The number of carbonyl (C=O) groups excluding carboxylic acids is 2. The van der Waals surface area contributed by atoms with E-state index in [4.69, 9.17) is 17.6 Å². The van der Waals surface area contributed by atoms with Crippen molar-refractivity contribution in [3.05, 3.63) is 29.3 Å². The van der Waals surface area contributed by atoms with Crippen LogP contribution in [0.5, 0.6) is 0 Å². The van der Waals surface area contributed by atoms with Gasteiger partial charge in [0.2, 0.25) is 0 Å². The molecule has 0 aromatic heterocycles. The highest BCUT2D eigenvalue weighted by Crippen LogP contribution is 2.23. The fraction of sp³-hybridized carbons (Fsp3) is 0.467.